The minimum absolute atomic E-state index is 0.109. The molecule has 0 amide bonds. The Labute approximate surface area is 140 Å². The quantitative estimate of drug-likeness (QED) is 0.766. The summed E-state index contributed by atoms with van der Waals surface area (Å²) in [5.74, 6) is 0.871. The van der Waals surface area contributed by atoms with Crippen LogP contribution in [-0.4, -0.2) is 47.5 Å². The van der Waals surface area contributed by atoms with Crippen molar-refractivity contribution in [2.45, 2.75) is 26.7 Å². The molecule has 0 saturated carbocycles. The number of allylic oxidation sites excluding steroid dienone is 1. The largest absolute Gasteiger partial charge is 0.500 e. The first kappa shape index (κ1) is 17.7. The summed E-state index contributed by atoms with van der Waals surface area (Å²) < 4.78 is 17.3. The Kier molecular flexibility index (Phi) is 5.73. The van der Waals surface area contributed by atoms with E-state index in [4.69, 9.17) is 14.2 Å². The number of carbonyl (C=O) groups is 1. The molecule has 0 atom stereocenters. The van der Waals surface area contributed by atoms with Crippen molar-refractivity contribution < 1.29 is 19.0 Å². The summed E-state index contributed by atoms with van der Waals surface area (Å²) in [4.78, 5) is 20.6. The second-order valence-corrected chi connectivity index (χ2v) is 5.06. The van der Waals surface area contributed by atoms with Gasteiger partial charge in [0.05, 0.1) is 20.8 Å². The smallest absolute Gasteiger partial charge is 0.376 e. The van der Waals surface area contributed by atoms with E-state index in [9.17, 15) is 4.79 Å². The first-order valence-corrected chi connectivity index (χ1v) is 7.71. The van der Waals surface area contributed by atoms with Gasteiger partial charge in [-0.2, -0.15) is 5.10 Å². The maximum Gasteiger partial charge on any atom is 0.376 e. The molecule has 0 fully saturated rings. The number of aromatic nitrogens is 3. The predicted molar refractivity (Wildman–Crippen MR) is 88.3 cm³/mol. The number of carbonyl (C=O) groups excluding carboxylic acids is 1. The molecule has 0 radical (unpaired) electrons. The van der Waals surface area contributed by atoms with Gasteiger partial charge in [0.25, 0.3) is 0 Å². The number of hydrogen-bond acceptors (Lipinski definition) is 7. The molecule has 0 bridgehead atoms. The molecule has 1 aromatic rings. The van der Waals surface area contributed by atoms with Crippen LogP contribution in [0.1, 0.15) is 43.1 Å². The molecule has 0 unspecified atom stereocenters. The number of methoxy groups -OCH3 is 2. The summed E-state index contributed by atoms with van der Waals surface area (Å²) >= 11 is 0. The maximum atomic E-state index is 12.0. The summed E-state index contributed by atoms with van der Waals surface area (Å²) in [5.41, 5.74) is 1.63. The molecule has 1 aliphatic rings. The van der Waals surface area contributed by atoms with E-state index in [1.165, 1.54) is 11.8 Å². The Balaban J connectivity index is 2.53. The number of ether oxygens (including phenoxy) is 3. The van der Waals surface area contributed by atoms with Crippen LogP contribution in [0.15, 0.2) is 22.5 Å². The SMILES string of the molecule is CCOC(=O)c1nc(C2=C(OC)CC(CC)=CN=C2OC)nn1C. The molecule has 24 heavy (non-hydrogen) atoms. The molecule has 1 aliphatic heterocycles. The van der Waals surface area contributed by atoms with Crippen LogP contribution in [0.3, 0.4) is 0 Å². The second kappa shape index (κ2) is 7.76. The normalized spacial score (nSPS) is 14.7. The van der Waals surface area contributed by atoms with Gasteiger partial charge in [-0.05, 0) is 18.9 Å². The Morgan fingerprint density at radius 3 is 2.62 bits per heavy atom. The van der Waals surface area contributed by atoms with E-state index < -0.39 is 5.97 Å². The van der Waals surface area contributed by atoms with Crippen molar-refractivity contribution in [3.8, 4) is 0 Å². The Morgan fingerprint density at radius 2 is 2.04 bits per heavy atom. The summed E-state index contributed by atoms with van der Waals surface area (Å²) in [6.45, 7) is 4.05. The van der Waals surface area contributed by atoms with Gasteiger partial charge in [0.2, 0.25) is 11.7 Å². The molecule has 0 N–H and O–H groups in total. The lowest BCUT2D eigenvalue weighted by Crippen LogP contribution is -2.11. The van der Waals surface area contributed by atoms with Crippen LogP contribution >= 0.6 is 0 Å². The highest BCUT2D eigenvalue weighted by atomic mass is 16.5. The fraction of sp³-hybridized carbons (Fsp3) is 0.500. The lowest BCUT2D eigenvalue weighted by molar-refractivity contribution is 0.0506. The molecule has 0 spiro atoms. The van der Waals surface area contributed by atoms with Crippen molar-refractivity contribution in [3.05, 3.63) is 29.2 Å². The molecule has 0 aliphatic carbocycles. The zero-order valence-corrected chi connectivity index (χ0v) is 14.6. The van der Waals surface area contributed by atoms with Gasteiger partial charge in [-0.25, -0.2) is 19.5 Å². The monoisotopic (exact) mass is 334 g/mol. The Bertz CT molecular complexity index is 716. The molecule has 8 heteroatoms. The molecular formula is C16H22N4O4. The van der Waals surface area contributed by atoms with E-state index in [0.29, 0.717) is 29.5 Å². The number of aliphatic imine (C=N–C) groups is 1. The fourth-order valence-corrected chi connectivity index (χ4v) is 2.30. The highest BCUT2D eigenvalue weighted by Gasteiger charge is 2.27. The van der Waals surface area contributed by atoms with Crippen LogP contribution in [0.25, 0.3) is 5.57 Å². The zero-order chi connectivity index (χ0) is 17.7. The van der Waals surface area contributed by atoms with Crippen molar-refractivity contribution in [1.82, 2.24) is 14.8 Å². The lowest BCUT2D eigenvalue weighted by atomic mass is 10.1. The lowest BCUT2D eigenvalue weighted by Gasteiger charge is -2.11. The zero-order valence-electron chi connectivity index (χ0n) is 14.6. The number of esters is 1. The molecule has 130 valence electrons. The van der Waals surface area contributed by atoms with Gasteiger partial charge in [0.1, 0.15) is 11.3 Å². The minimum atomic E-state index is -0.532. The van der Waals surface area contributed by atoms with Crippen LogP contribution in [0.2, 0.25) is 0 Å². The minimum Gasteiger partial charge on any atom is -0.500 e. The Hall–Kier alpha value is -2.64. The maximum absolute atomic E-state index is 12.0. The summed E-state index contributed by atoms with van der Waals surface area (Å²) in [6.07, 6.45) is 3.18. The first-order valence-electron chi connectivity index (χ1n) is 7.71. The van der Waals surface area contributed by atoms with Gasteiger partial charge in [0, 0.05) is 19.7 Å². The van der Waals surface area contributed by atoms with Crippen LogP contribution in [-0.2, 0) is 21.3 Å². The topological polar surface area (TPSA) is 87.8 Å². The van der Waals surface area contributed by atoms with Crippen molar-refractivity contribution >= 4 is 17.4 Å². The van der Waals surface area contributed by atoms with E-state index in [0.717, 1.165) is 12.0 Å². The number of hydrogen-bond donors (Lipinski definition) is 0. The third-order valence-electron chi connectivity index (χ3n) is 3.58. The average molecular weight is 334 g/mol. The van der Waals surface area contributed by atoms with E-state index >= 15 is 0 Å². The standard InChI is InChI=1S/C16H22N4O4/c1-6-10-8-11(22-4)12(15(23-5)17-9-10)13-18-14(20(3)19-13)16(21)24-7-2/h9H,6-8H2,1-5H3. The molecule has 8 nitrogen and oxygen atoms in total. The van der Waals surface area contributed by atoms with Crippen LogP contribution in [0, 0.1) is 0 Å². The van der Waals surface area contributed by atoms with E-state index in [1.807, 2.05) is 6.92 Å². The van der Waals surface area contributed by atoms with Crippen LogP contribution in [0.4, 0.5) is 0 Å². The summed E-state index contributed by atoms with van der Waals surface area (Å²) in [5, 5.41) is 4.31. The highest BCUT2D eigenvalue weighted by molar-refractivity contribution is 6.19. The van der Waals surface area contributed by atoms with E-state index in [2.05, 4.69) is 15.1 Å². The van der Waals surface area contributed by atoms with E-state index in [1.54, 1.807) is 27.3 Å². The molecule has 0 aromatic carbocycles. The third kappa shape index (κ3) is 3.47. The summed E-state index contributed by atoms with van der Waals surface area (Å²) in [7, 11) is 4.73. The third-order valence-corrected chi connectivity index (χ3v) is 3.58. The van der Waals surface area contributed by atoms with Crippen molar-refractivity contribution in [2.24, 2.45) is 12.0 Å². The number of nitrogens with zero attached hydrogens (tertiary/aromatic N) is 4. The van der Waals surface area contributed by atoms with Gasteiger partial charge in [-0.1, -0.05) is 6.92 Å². The van der Waals surface area contributed by atoms with Crippen molar-refractivity contribution in [1.29, 1.82) is 0 Å². The van der Waals surface area contributed by atoms with Crippen molar-refractivity contribution in [3.63, 3.8) is 0 Å². The van der Waals surface area contributed by atoms with Gasteiger partial charge in [0.15, 0.2) is 5.82 Å². The van der Waals surface area contributed by atoms with E-state index in [-0.39, 0.29) is 12.4 Å². The Morgan fingerprint density at radius 1 is 1.29 bits per heavy atom. The molecule has 1 aromatic heterocycles. The second-order valence-electron chi connectivity index (χ2n) is 5.06. The number of rotatable bonds is 5. The fourth-order valence-electron chi connectivity index (χ4n) is 2.30. The molecule has 0 saturated heterocycles. The molecule has 2 heterocycles. The first-order chi connectivity index (χ1) is 11.5. The molecular weight excluding hydrogens is 312 g/mol. The van der Waals surface area contributed by atoms with Crippen LogP contribution < -0.4 is 0 Å². The average Bonchev–Trinajstić information content (AvgIpc) is 2.86. The van der Waals surface area contributed by atoms with Gasteiger partial charge < -0.3 is 14.2 Å². The highest BCUT2D eigenvalue weighted by Crippen LogP contribution is 2.28. The van der Waals surface area contributed by atoms with Gasteiger partial charge >= 0.3 is 5.97 Å². The van der Waals surface area contributed by atoms with Gasteiger partial charge in [-0.3, -0.25) is 0 Å². The number of aryl methyl sites for hydroxylation is 1. The predicted octanol–water partition coefficient (Wildman–Crippen LogP) is 2.09. The molecule has 2 rings (SSSR count). The summed E-state index contributed by atoms with van der Waals surface area (Å²) in [6, 6.07) is 0. The van der Waals surface area contributed by atoms with Gasteiger partial charge in [-0.15, -0.1) is 0 Å². The van der Waals surface area contributed by atoms with Crippen LogP contribution in [0.5, 0.6) is 0 Å². The van der Waals surface area contributed by atoms with Crippen molar-refractivity contribution in [2.75, 3.05) is 20.8 Å².